The Bertz CT molecular complexity index is 1200. The van der Waals surface area contributed by atoms with Gasteiger partial charge in [0.2, 0.25) is 5.78 Å². The molecule has 0 aromatic heterocycles. The van der Waals surface area contributed by atoms with Gasteiger partial charge in [-0.15, -0.1) is 0 Å². The molecular weight excluding hydrogens is 433 g/mol. The lowest BCUT2D eigenvalue weighted by Gasteiger charge is -2.30. The fourth-order valence-corrected chi connectivity index (χ4v) is 4.51. The molecule has 31 heavy (non-hydrogen) atoms. The smallest absolute Gasteiger partial charge is 0.232 e. The van der Waals surface area contributed by atoms with Crippen molar-refractivity contribution >= 4 is 35.1 Å². The molecule has 2 aliphatic rings. The number of benzene rings is 3. The number of nitrogens with zero attached hydrogens (tertiary/aromatic N) is 1. The van der Waals surface area contributed by atoms with E-state index in [4.69, 9.17) is 32.7 Å². The Morgan fingerprint density at radius 2 is 1.81 bits per heavy atom. The van der Waals surface area contributed by atoms with E-state index in [-0.39, 0.29) is 11.5 Å². The summed E-state index contributed by atoms with van der Waals surface area (Å²) in [5, 5.41) is 0.923. The normalized spacial score (nSPS) is 16.6. The molecule has 2 heterocycles. The lowest BCUT2D eigenvalue weighted by Crippen LogP contribution is -2.31. The first-order chi connectivity index (χ1) is 15.0. The van der Waals surface area contributed by atoms with E-state index >= 15 is 0 Å². The average Bonchev–Trinajstić information content (AvgIpc) is 3.09. The Morgan fingerprint density at radius 1 is 1.06 bits per heavy atom. The van der Waals surface area contributed by atoms with Crippen molar-refractivity contribution in [1.29, 1.82) is 0 Å². The number of fused-ring (bicyclic) bond motifs is 3. The molecule has 2 aliphatic heterocycles. The van der Waals surface area contributed by atoms with Gasteiger partial charge in [-0.3, -0.25) is 9.69 Å². The maximum atomic E-state index is 13.2. The summed E-state index contributed by atoms with van der Waals surface area (Å²) in [6.45, 7) is 3.74. The van der Waals surface area contributed by atoms with Crippen molar-refractivity contribution in [3.63, 3.8) is 0 Å². The van der Waals surface area contributed by atoms with Crippen LogP contribution in [0, 0.1) is 6.92 Å². The van der Waals surface area contributed by atoms with E-state index in [0.29, 0.717) is 40.2 Å². The van der Waals surface area contributed by atoms with Gasteiger partial charge < -0.3 is 9.47 Å². The molecule has 0 atom stereocenters. The number of halogens is 2. The summed E-state index contributed by atoms with van der Waals surface area (Å²) in [5.41, 5.74) is 4.03. The van der Waals surface area contributed by atoms with Gasteiger partial charge >= 0.3 is 0 Å². The Morgan fingerprint density at radius 3 is 2.55 bits per heavy atom. The summed E-state index contributed by atoms with van der Waals surface area (Å²) in [6, 6.07) is 17.4. The molecule has 6 heteroatoms. The van der Waals surface area contributed by atoms with Gasteiger partial charge in [0, 0.05) is 28.7 Å². The van der Waals surface area contributed by atoms with Crippen molar-refractivity contribution in [1.82, 2.24) is 4.90 Å². The summed E-state index contributed by atoms with van der Waals surface area (Å²) in [6.07, 6.45) is 1.62. The van der Waals surface area contributed by atoms with Crippen LogP contribution in [0.3, 0.4) is 0 Å². The molecule has 0 radical (unpaired) electrons. The quantitative estimate of drug-likeness (QED) is 0.439. The average molecular weight is 452 g/mol. The molecular formula is C25H19Cl2NO3. The van der Waals surface area contributed by atoms with Gasteiger partial charge in [0.1, 0.15) is 18.2 Å². The minimum atomic E-state index is -0.175. The molecule has 5 rings (SSSR count). The fraction of sp³-hybridized carbons (Fsp3) is 0.160. The molecule has 0 amide bonds. The molecule has 0 bridgehead atoms. The summed E-state index contributed by atoms with van der Waals surface area (Å²) in [7, 11) is 0. The van der Waals surface area contributed by atoms with E-state index in [2.05, 4.69) is 17.0 Å². The number of ether oxygens (including phenoxy) is 2. The molecule has 0 aliphatic carbocycles. The number of carbonyl (C=O) groups excluding carboxylic acids is 1. The van der Waals surface area contributed by atoms with Crippen LogP contribution >= 0.6 is 23.2 Å². The van der Waals surface area contributed by atoms with E-state index in [1.54, 1.807) is 24.3 Å². The van der Waals surface area contributed by atoms with Crippen LogP contribution in [0.25, 0.3) is 6.08 Å². The van der Waals surface area contributed by atoms with E-state index in [9.17, 15) is 4.79 Å². The highest BCUT2D eigenvalue weighted by Gasteiger charge is 2.35. The predicted octanol–water partition coefficient (Wildman–Crippen LogP) is 6.27. The van der Waals surface area contributed by atoms with Crippen LogP contribution in [0.5, 0.6) is 11.5 Å². The van der Waals surface area contributed by atoms with Gasteiger partial charge in [0.25, 0.3) is 0 Å². The maximum absolute atomic E-state index is 13.2. The first-order valence-electron chi connectivity index (χ1n) is 9.95. The number of ketones is 1. The van der Waals surface area contributed by atoms with Crippen LogP contribution in [-0.2, 0) is 13.1 Å². The Hall–Kier alpha value is -2.79. The number of Topliss-reactive ketones (excluding diaryl/α,β-unsaturated/α-hetero) is 1. The van der Waals surface area contributed by atoms with Gasteiger partial charge in [-0.2, -0.15) is 0 Å². The molecule has 0 unspecified atom stereocenters. The van der Waals surface area contributed by atoms with Gasteiger partial charge in [-0.05, 0) is 42.3 Å². The Kier molecular flexibility index (Phi) is 5.22. The second-order valence-electron chi connectivity index (χ2n) is 7.70. The lowest BCUT2D eigenvalue weighted by molar-refractivity contribution is 0.0872. The van der Waals surface area contributed by atoms with Crippen LogP contribution in [-0.4, -0.2) is 17.4 Å². The second kappa shape index (κ2) is 8.04. The number of carbonyl (C=O) groups is 1. The van der Waals surface area contributed by atoms with Crippen molar-refractivity contribution < 1.29 is 14.3 Å². The van der Waals surface area contributed by atoms with Gasteiger partial charge in [0.15, 0.2) is 5.76 Å². The minimum Gasteiger partial charge on any atom is -0.478 e. The van der Waals surface area contributed by atoms with Crippen LogP contribution < -0.4 is 9.47 Å². The monoisotopic (exact) mass is 451 g/mol. The third-order valence-corrected chi connectivity index (χ3v) is 6.17. The van der Waals surface area contributed by atoms with E-state index in [0.717, 1.165) is 23.4 Å². The maximum Gasteiger partial charge on any atom is 0.232 e. The molecule has 0 saturated carbocycles. The van der Waals surface area contributed by atoms with Gasteiger partial charge in [-0.1, -0.05) is 59.6 Å². The molecule has 3 aromatic carbocycles. The summed E-state index contributed by atoms with van der Waals surface area (Å²) >= 11 is 12.6. The second-order valence-corrected chi connectivity index (χ2v) is 8.51. The lowest BCUT2D eigenvalue weighted by atomic mass is 9.98. The predicted molar refractivity (Wildman–Crippen MR) is 122 cm³/mol. The van der Waals surface area contributed by atoms with E-state index in [1.807, 2.05) is 31.2 Å². The Labute approximate surface area is 190 Å². The SMILES string of the molecule is Cc1cc2c(c3c1C(=O)/C(=C/c1c(Cl)cccc1Cl)O3)CN(Cc1ccccc1)CO2. The zero-order valence-corrected chi connectivity index (χ0v) is 18.3. The van der Waals surface area contributed by atoms with Crippen LogP contribution in [0.15, 0.2) is 60.4 Å². The molecule has 156 valence electrons. The highest BCUT2D eigenvalue weighted by molar-refractivity contribution is 6.37. The summed E-state index contributed by atoms with van der Waals surface area (Å²) in [4.78, 5) is 15.3. The standard InChI is InChI=1S/C25H19Cl2NO3/c1-15-10-21-18(13-28(14-30-21)12-16-6-3-2-4-7-16)25-23(15)24(29)22(31-25)11-17-19(26)8-5-9-20(17)27/h2-11H,12-14H2,1H3/b22-11-. The highest BCUT2D eigenvalue weighted by atomic mass is 35.5. The van der Waals surface area contributed by atoms with Crippen molar-refractivity contribution in [3.05, 3.63) is 98.2 Å². The summed E-state index contributed by atoms with van der Waals surface area (Å²) < 4.78 is 12.1. The summed E-state index contributed by atoms with van der Waals surface area (Å²) in [5.74, 6) is 1.35. The number of allylic oxidation sites excluding steroid dienone is 1. The van der Waals surface area contributed by atoms with Crippen LogP contribution in [0.4, 0.5) is 0 Å². The molecule has 0 N–H and O–H groups in total. The molecule has 4 nitrogen and oxygen atoms in total. The van der Waals surface area contributed by atoms with E-state index < -0.39 is 0 Å². The van der Waals surface area contributed by atoms with Gasteiger partial charge in [0.05, 0.1) is 11.1 Å². The van der Waals surface area contributed by atoms with Crippen molar-refractivity contribution in [2.45, 2.75) is 20.0 Å². The zero-order valence-electron chi connectivity index (χ0n) is 16.8. The zero-order chi connectivity index (χ0) is 21.5. The number of aryl methyl sites for hydroxylation is 1. The topological polar surface area (TPSA) is 38.8 Å². The molecule has 0 saturated heterocycles. The third kappa shape index (κ3) is 3.72. The minimum absolute atomic E-state index is 0.175. The third-order valence-electron chi connectivity index (χ3n) is 5.51. The van der Waals surface area contributed by atoms with Crippen LogP contribution in [0.2, 0.25) is 10.0 Å². The van der Waals surface area contributed by atoms with Crippen molar-refractivity contribution in [2.75, 3.05) is 6.73 Å². The van der Waals surface area contributed by atoms with Crippen molar-refractivity contribution in [3.8, 4) is 11.5 Å². The number of hydrogen-bond donors (Lipinski definition) is 0. The Balaban J connectivity index is 1.50. The van der Waals surface area contributed by atoms with Gasteiger partial charge in [-0.25, -0.2) is 0 Å². The first-order valence-corrected chi connectivity index (χ1v) is 10.7. The molecule has 0 fully saturated rings. The molecule has 3 aromatic rings. The highest BCUT2D eigenvalue weighted by Crippen LogP contribution is 2.44. The van der Waals surface area contributed by atoms with Crippen LogP contribution in [0.1, 0.15) is 32.6 Å². The first kappa shape index (κ1) is 20.1. The number of rotatable bonds is 3. The molecule has 0 spiro atoms. The van der Waals surface area contributed by atoms with E-state index in [1.165, 1.54) is 5.56 Å². The van der Waals surface area contributed by atoms with Crippen molar-refractivity contribution in [2.24, 2.45) is 0 Å². The number of hydrogen-bond acceptors (Lipinski definition) is 4. The fourth-order valence-electron chi connectivity index (χ4n) is 4.00. The largest absolute Gasteiger partial charge is 0.478 e.